The molecule has 0 spiro atoms. The molecule has 0 unspecified atom stereocenters. The SMILES string of the molecule is O=c1[nH]cnc2c1[n+]([O-])c1ccccc1[n+]2[O-]. The minimum absolute atomic E-state index is 0.133. The van der Waals surface area contributed by atoms with Crippen molar-refractivity contribution in [3.05, 3.63) is 51.4 Å². The van der Waals surface area contributed by atoms with Crippen LogP contribution in [0.25, 0.3) is 22.2 Å². The van der Waals surface area contributed by atoms with Crippen molar-refractivity contribution < 1.29 is 9.46 Å². The summed E-state index contributed by atoms with van der Waals surface area (Å²) in [5.74, 6) is 0. The smallest absolute Gasteiger partial charge is 0.408 e. The topological polar surface area (TPSA) is 99.6 Å². The molecule has 1 N–H and O–H groups in total. The van der Waals surface area contributed by atoms with Crippen LogP contribution in [-0.2, 0) is 0 Å². The minimum atomic E-state index is -0.639. The Morgan fingerprint density at radius 2 is 1.76 bits per heavy atom. The molecule has 17 heavy (non-hydrogen) atoms. The Bertz CT molecular complexity index is 797. The predicted octanol–water partition coefficient (Wildman–Crippen LogP) is -0.657. The van der Waals surface area contributed by atoms with E-state index in [1.165, 1.54) is 12.1 Å². The van der Waals surface area contributed by atoms with Gasteiger partial charge in [-0.25, -0.2) is 4.73 Å². The average molecular weight is 230 g/mol. The van der Waals surface area contributed by atoms with E-state index in [9.17, 15) is 15.2 Å². The van der Waals surface area contributed by atoms with E-state index in [1.54, 1.807) is 12.1 Å². The van der Waals surface area contributed by atoms with Gasteiger partial charge in [-0.05, 0) is 11.1 Å². The number of aromatic nitrogens is 4. The molecule has 2 heterocycles. The zero-order valence-corrected chi connectivity index (χ0v) is 8.45. The first-order chi connectivity index (χ1) is 8.20. The summed E-state index contributed by atoms with van der Waals surface area (Å²) in [7, 11) is 0. The van der Waals surface area contributed by atoms with Crippen LogP contribution in [0, 0.1) is 10.4 Å². The van der Waals surface area contributed by atoms with Gasteiger partial charge in [0.05, 0.1) is 0 Å². The Labute approximate surface area is 93.8 Å². The van der Waals surface area contributed by atoms with E-state index >= 15 is 0 Å². The van der Waals surface area contributed by atoms with Gasteiger partial charge in [0.1, 0.15) is 0 Å². The fourth-order valence-electron chi connectivity index (χ4n) is 1.76. The Kier molecular flexibility index (Phi) is 1.76. The third-order valence-electron chi connectivity index (χ3n) is 2.52. The second kappa shape index (κ2) is 3.14. The van der Waals surface area contributed by atoms with Gasteiger partial charge in [-0.3, -0.25) is 9.78 Å². The summed E-state index contributed by atoms with van der Waals surface area (Å²) in [6, 6.07) is 6.23. The quantitative estimate of drug-likeness (QED) is 0.315. The molecule has 7 heteroatoms. The normalized spacial score (nSPS) is 11.1. The van der Waals surface area contributed by atoms with E-state index in [2.05, 4.69) is 9.97 Å². The van der Waals surface area contributed by atoms with Gasteiger partial charge in [-0.1, -0.05) is 12.1 Å². The molecule has 0 aliphatic heterocycles. The second-order valence-corrected chi connectivity index (χ2v) is 3.48. The predicted molar refractivity (Wildman–Crippen MR) is 57.8 cm³/mol. The summed E-state index contributed by atoms with van der Waals surface area (Å²) in [4.78, 5) is 17.5. The Balaban J connectivity index is 2.74. The number of nitrogens with zero attached hydrogens (tertiary/aromatic N) is 3. The molecule has 1 aromatic carbocycles. The molecule has 0 fully saturated rings. The summed E-state index contributed by atoms with van der Waals surface area (Å²) in [6.45, 7) is 0. The number of nitrogens with one attached hydrogen (secondary N) is 1. The molecule has 0 bridgehead atoms. The monoisotopic (exact) mass is 230 g/mol. The molecule has 7 nitrogen and oxygen atoms in total. The number of hydrogen-bond donors (Lipinski definition) is 1. The molecule has 3 aromatic rings. The highest BCUT2D eigenvalue weighted by molar-refractivity contribution is 5.73. The Hall–Kier alpha value is -2.70. The molecule has 84 valence electrons. The molecule has 0 atom stereocenters. The van der Waals surface area contributed by atoms with Crippen LogP contribution >= 0.6 is 0 Å². The van der Waals surface area contributed by atoms with Crippen molar-refractivity contribution >= 4 is 22.2 Å². The molecule has 2 aromatic heterocycles. The number of hydrogen-bond acceptors (Lipinski definition) is 4. The molecular weight excluding hydrogens is 224 g/mol. The molecule has 3 rings (SSSR count). The summed E-state index contributed by atoms with van der Waals surface area (Å²) in [6.07, 6.45) is 1.09. The van der Waals surface area contributed by atoms with Crippen molar-refractivity contribution in [3.63, 3.8) is 0 Å². The minimum Gasteiger partial charge on any atom is -0.710 e. The number of H-pyrrole nitrogens is 1. The van der Waals surface area contributed by atoms with Gasteiger partial charge < -0.3 is 10.4 Å². The number of rotatable bonds is 0. The number of fused-ring (bicyclic) bond motifs is 2. The zero-order valence-electron chi connectivity index (χ0n) is 8.45. The molecular formula is C10H6N4O3. The van der Waals surface area contributed by atoms with Crippen molar-refractivity contribution in [2.45, 2.75) is 0 Å². The Morgan fingerprint density at radius 3 is 2.47 bits per heavy atom. The van der Waals surface area contributed by atoms with Gasteiger partial charge in [-0.2, -0.15) is 0 Å². The fourth-order valence-corrected chi connectivity index (χ4v) is 1.76. The van der Waals surface area contributed by atoms with Crippen LogP contribution in [0.1, 0.15) is 0 Å². The molecule has 0 aliphatic carbocycles. The van der Waals surface area contributed by atoms with Crippen LogP contribution in [0.4, 0.5) is 0 Å². The third-order valence-corrected chi connectivity index (χ3v) is 2.52. The van der Waals surface area contributed by atoms with E-state index in [-0.39, 0.29) is 22.2 Å². The maximum atomic E-state index is 12.0. The fraction of sp³-hybridized carbons (Fsp3) is 0. The number of para-hydroxylation sites is 2. The van der Waals surface area contributed by atoms with Gasteiger partial charge in [0, 0.05) is 6.07 Å². The van der Waals surface area contributed by atoms with Crippen molar-refractivity contribution in [3.8, 4) is 0 Å². The lowest BCUT2D eigenvalue weighted by atomic mass is 10.3. The maximum absolute atomic E-state index is 12.0. The van der Waals surface area contributed by atoms with Gasteiger partial charge in [0.25, 0.3) is 5.52 Å². The van der Waals surface area contributed by atoms with Gasteiger partial charge in [0.15, 0.2) is 0 Å². The second-order valence-electron chi connectivity index (χ2n) is 3.48. The van der Waals surface area contributed by atoms with Crippen molar-refractivity contribution in [1.29, 1.82) is 0 Å². The van der Waals surface area contributed by atoms with Crippen LogP contribution in [0.2, 0.25) is 0 Å². The maximum Gasteiger partial charge on any atom is 0.408 e. The largest absolute Gasteiger partial charge is 0.710 e. The van der Waals surface area contributed by atoms with Crippen molar-refractivity contribution in [2.75, 3.05) is 0 Å². The van der Waals surface area contributed by atoms with E-state index in [0.717, 1.165) is 6.33 Å². The molecule has 0 radical (unpaired) electrons. The van der Waals surface area contributed by atoms with Crippen LogP contribution in [0.3, 0.4) is 0 Å². The highest BCUT2D eigenvalue weighted by Gasteiger charge is 2.23. The van der Waals surface area contributed by atoms with Gasteiger partial charge in [0.2, 0.25) is 11.8 Å². The van der Waals surface area contributed by atoms with E-state index in [4.69, 9.17) is 0 Å². The highest BCUT2D eigenvalue weighted by Crippen LogP contribution is 2.07. The molecule has 0 saturated carbocycles. The highest BCUT2D eigenvalue weighted by atomic mass is 16.5. The standard InChI is InChI=1S/C10H6N4O3/c15-10-8-9(11-5-12-10)14(17)7-4-2-1-3-6(7)13(8)16/h1-5H,(H,11,12,15). The number of benzene rings is 1. The van der Waals surface area contributed by atoms with Gasteiger partial charge >= 0.3 is 16.7 Å². The van der Waals surface area contributed by atoms with Gasteiger partial charge in [-0.15, -0.1) is 4.73 Å². The molecule has 0 amide bonds. The van der Waals surface area contributed by atoms with Crippen molar-refractivity contribution in [2.24, 2.45) is 0 Å². The van der Waals surface area contributed by atoms with E-state index in [0.29, 0.717) is 9.46 Å². The molecule has 0 aliphatic rings. The lowest BCUT2D eigenvalue weighted by molar-refractivity contribution is -0.593. The van der Waals surface area contributed by atoms with E-state index < -0.39 is 5.56 Å². The summed E-state index contributed by atoms with van der Waals surface area (Å²) >= 11 is 0. The Morgan fingerprint density at radius 1 is 1.12 bits per heavy atom. The van der Waals surface area contributed by atoms with Crippen molar-refractivity contribution in [1.82, 2.24) is 9.97 Å². The number of aromatic amines is 1. The first-order valence-corrected chi connectivity index (χ1v) is 4.81. The molecule has 0 saturated heterocycles. The van der Waals surface area contributed by atoms with Crippen LogP contribution < -0.4 is 15.0 Å². The first kappa shape index (κ1) is 9.52. The van der Waals surface area contributed by atoms with Crippen LogP contribution in [0.15, 0.2) is 35.4 Å². The third kappa shape index (κ3) is 1.16. The summed E-state index contributed by atoms with van der Waals surface area (Å²) in [5, 5.41) is 23.9. The average Bonchev–Trinajstić information content (AvgIpc) is 2.36. The van der Waals surface area contributed by atoms with Crippen LogP contribution in [-0.4, -0.2) is 9.97 Å². The first-order valence-electron chi connectivity index (χ1n) is 4.81. The lowest BCUT2D eigenvalue weighted by Gasteiger charge is -2.07. The summed E-state index contributed by atoms with van der Waals surface area (Å²) in [5.41, 5.74) is -0.814. The summed E-state index contributed by atoms with van der Waals surface area (Å²) < 4.78 is 0.902. The zero-order chi connectivity index (χ0) is 12.0. The van der Waals surface area contributed by atoms with Crippen LogP contribution in [0.5, 0.6) is 0 Å². The van der Waals surface area contributed by atoms with E-state index in [1.807, 2.05) is 0 Å². The lowest BCUT2D eigenvalue weighted by Crippen LogP contribution is -2.43.